The molecule has 2 aliphatic rings. The Hall–Kier alpha value is -3.84. The first-order chi connectivity index (χ1) is 20.4. The molecular formula is C28H25Cl2N5O6S. The second-order valence-corrected chi connectivity index (χ2v) is 11.3. The number of hydrogen-bond donors (Lipinski definition) is 2. The molecule has 0 spiro atoms. The molecule has 2 aliphatic heterocycles. The summed E-state index contributed by atoms with van der Waals surface area (Å²) in [5.74, 6) is 1.18. The third kappa shape index (κ3) is 5.26. The first-order valence-corrected chi connectivity index (χ1v) is 14.6. The Balaban J connectivity index is 1.28. The van der Waals surface area contributed by atoms with Crippen molar-refractivity contribution in [2.45, 2.75) is 25.4 Å². The van der Waals surface area contributed by atoms with E-state index in [0.717, 1.165) is 37.2 Å². The molecule has 3 amide bonds. The van der Waals surface area contributed by atoms with Crippen molar-refractivity contribution in [3.63, 3.8) is 0 Å². The van der Waals surface area contributed by atoms with Crippen molar-refractivity contribution < 1.29 is 28.5 Å². The number of methoxy groups -OCH3 is 2. The normalized spacial score (nSPS) is 16.2. The standard InChI is InChI=1S/C28H25Cl2N5O6S/c1-38-20-11-18(16(29)10-17(20)30)35-25-22-23(34-28(35)37)24(42-27(22)32-13-31-25)26(36)33-14-6-7-19(21(9-14)39-2)41-12-15-5-3-4-8-40-15/h6-7,9-11,13,15H,3-5,8,12H2,1-2H3,(H,33,36)(H,34,37). The summed E-state index contributed by atoms with van der Waals surface area (Å²) < 4.78 is 22.5. The minimum absolute atomic E-state index is 0.0460. The van der Waals surface area contributed by atoms with E-state index in [1.54, 1.807) is 24.3 Å². The van der Waals surface area contributed by atoms with Gasteiger partial charge in [0.15, 0.2) is 17.3 Å². The van der Waals surface area contributed by atoms with Gasteiger partial charge in [0, 0.05) is 24.4 Å². The second kappa shape index (κ2) is 11.8. The van der Waals surface area contributed by atoms with E-state index in [1.165, 1.54) is 31.5 Å². The van der Waals surface area contributed by atoms with E-state index < -0.39 is 11.9 Å². The van der Waals surface area contributed by atoms with Gasteiger partial charge in [0.2, 0.25) is 0 Å². The molecule has 6 rings (SSSR count). The summed E-state index contributed by atoms with van der Waals surface area (Å²) in [7, 11) is 2.99. The molecule has 0 aliphatic carbocycles. The maximum Gasteiger partial charge on any atom is 0.332 e. The fourth-order valence-corrected chi connectivity index (χ4v) is 6.40. The number of urea groups is 1. The molecule has 2 aromatic heterocycles. The number of anilines is 4. The van der Waals surface area contributed by atoms with Crippen LogP contribution in [-0.4, -0.2) is 55.4 Å². The molecule has 2 N–H and O–H groups in total. The highest BCUT2D eigenvalue weighted by molar-refractivity contribution is 7.21. The van der Waals surface area contributed by atoms with Gasteiger partial charge < -0.3 is 29.6 Å². The van der Waals surface area contributed by atoms with Crippen molar-refractivity contribution >= 4 is 79.6 Å². The lowest BCUT2D eigenvalue weighted by Crippen LogP contribution is -2.35. The smallest absolute Gasteiger partial charge is 0.332 e. The first-order valence-electron chi connectivity index (χ1n) is 13.0. The number of carbonyl (C=O) groups is 2. The van der Waals surface area contributed by atoms with Crippen LogP contribution in [0.4, 0.5) is 27.7 Å². The molecule has 0 radical (unpaired) electrons. The van der Waals surface area contributed by atoms with Gasteiger partial charge in [0.05, 0.1) is 47.1 Å². The van der Waals surface area contributed by atoms with Gasteiger partial charge in [-0.15, -0.1) is 11.3 Å². The van der Waals surface area contributed by atoms with Gasteiger partial charge in [-0.2, -0.15) is 0 Å². The Morgan fingerprint density at radius 2 is 1.95 bits per heavy atom. The van der Waals surface area contributed by atoms with Crippen LogP contribution in [-0.2, 0) is 4.74 Å². The fourth-order valence-electron chi connectivity index (χ4n) is 4.87. The minimum Gasteiger partial charge on any atom is -0.495 e. The minimum atomic E-state index is -0.564. The molecule has 4 aromatic rings. The van der Waals surface area contributed by atoms with E-state index in [4.69, 9.17) is 42.1 Å². The number of hydrogen-bond acceptors (Lipinski definition) is 9. The van der Waals surface area contributed by atoms with Crippen molar-refractivity contribution in [2.24, 2.45) is 0 Å². The molecular weight excluding hydrogens is 605 g/mol. The van der Waals surface area contributed by atoms with Crippen LogP contribution in [0.25, 0.3) is 10.2 Å². The summed E-state index contributed by atoms with van der Waals surface area (Å²) in [4.78, 5) is 37.7. The van der Waals surface area contributed by atoms with Gasteiger partial charge in [-0.05, 0) is 37.5 Å². The number of ether oxygens (including phenoxy) is 4. The highest BCUT2D eigenvalue weighted by Gasteiger charge is 2.35. The van der Waals surface area contributed by atoms with E-state index in [9.17, 15) is 9.59 Å². The lowest BCUT2D eigenvalue weighted by molar-refractivity contribution is -0.0114. The van der Waals surface area contributed by atoms with E-state index in [1.807, 2.05) is 0 Å². The quantitative estimate of drug-likeness (QED) is 0.216. The Morgan fingerprint density at radius 1 is 1.12 bits per heavy atom. The van der Waals surface area contributed by atoms with Gasteiger partial charge in [0.25, 0.3) is 5.91 Å². The van der Waals surface area contributed by atoms with Crippen LogP contribution < -0.4 is 29.7 Å². The zero-order chi connectivity index (χ0) is 29.4. The zero-order valence-corrected chi connectivity index (χ0v) is 24.9. The summed E-state index contributed by atoms with van der Waals surface area (Å²) in [6.45, 7) is 1.16. The number of amides is 3. The van der Waals surface area contributed by atoms with E-state index in [-0.39, 0.29) is 21.8 Å². The van der Waals surface area contributed by atoms with E-state index in [0.29, 0.717) is 56.2 Å². The maximum absolute atomic E-state index is 13.5. The molecule has 0 bridgehead atoms. The third-order valence-corrected chi connectivity index (χ3v) is 8.60. The fraction of sp³-hybridized carbons (Fsp3) is 0.286. The van der Waals surface area contributed by atoms with Crippen molar-refractivity contribution in [3.05, 3.63) is 51.6 Å². The summed E-state index contributed by atoms with van der Waals surface area (Å²) in [5, 5.41) is 6.70. The van der Waals surface area contributed by atoms with Crippen LogP contribution in [0.5, 0.6) is 17.2 Å². The van der Waals surface area contributed by atoms with Crippen LogP contribution in [0.3, 0.4) is 0 Å². The average Bonchev–Trinajstić information content (AvgIpc) is 3.37. The van der Waals surface area contributed by atoms with Crippen LogP contribution in [0.1, 0.15) is 28.9 Å². The molecule has 4 heterocycles. The average molecular weight is 631 g/mol. The van der Waals surface area contributed by atoms with Crippen LogP contribution in [0.15, 0.2) is 36.7 Å². The largest absolute Gasteiger partial charge is 0.495 e. The van der Waals surface area contributed by atoms with Crippen molar-refractivity contribution in [1.29, 1.82) is 0 Å². The number of nitrogens with zero attached hydrogens (tertiary/aromatic N) is 3. The molecule has 2 aromatic carbocycles. The molecule has 218 valence electrons. The van der Waals surface area contributed by atoms with Crippen molar-refractivity contribution in [1.82, 2.24) is 9.97 Å². The van der Waals surface area contributed by atoms with E-state index >= 15 is 0 Å². The number of nitrogens with one attached hydrogen (secondary N) is 2. The predicted octanol–water partition coefficient (Wildman–Crippen LogP) is 6.90. The Labute approximate surface area is 254 Å². The Bertz CT molecular complexity index is 1690. The third-order valence-electron chi connectivity index (χ3n) is 6.90. The number of rotatable bonds is 8. The second-order valence-electron chi connectivity index (χ2n) is 9.51. The van der Waals surface area contributed by atoms with Gasteiger partial charge in [0.1, 0.15) is 28.4 Å². The number of thiophene rings is 1. The maximum atomic E-state index is 13.5. The molecule has 14 heteroatoms. The summed E-state index contributed by atoms with van der Waals surface area (Å²) in [6.07, 6.45) is 4.51. The van der Waals surface area contributed by atoms with Crippen LogP contribution >= 0.6 is 34.5 Å². The van der Waals surface area contributed by atoms with Crippen LogP contribution in [0.2, 0.25) is 10.0 Å². The van der Waals surface area contributed by atoms with E-state index in [2.05, 4.69) is 20.6 Å². The summed E-state index contributed by atoms with van der Waals surface area (Å²) in [5.41, 5.74) is 1.10. The van der Waals surface area contributed by atoms with Gasteiger partial charge in [-0.3, -0.25) is 4.79 Å². The highest BCUT2D eigenvalue weighted by Crippen LogP contribution is 2.47. The number of carbonyl (C=O) groups excluding carboxylic acids is 2. The van der Waals surface area contributed by atoms with Crippen molar-refractivity contribution in [2.75, 3.05) is 43.0 Å². The van der Waals surface area contributed by atoms with Gasteiger partial charge >= 0.3 is 6.03 Å². The zero-order valence-electron chi connectivity index (χ0n) is 22.5. The molecule has 42 heavy (non-hydrogen) atoms. The number of benzene rings is 2. The highest BCUT2D eigenvalue weighted by atomic mass is 35.5. The van der Waals surface area contributed by atoms with Gasteiger partial charge in [-0.25, -0.2) is 19.7 Å². The molecule has 11 nitrogen and oxygen atoms in total. The topological polar surface area (TPSA) is 124 Å². The first kappa shape index (κ1) is 28.3. The predicted molar refractivity (Wildman–Crippen MR) is 162 cm³/mol. The van der Waals surface area contributed by atoms with Crippen LogP contribution in [0, 0.1) is 0 Å². The molecule has 1 fully saturated rings. The summed E-state index contributed by atoms with van der Waals surface area (Å²) in [6, 6.07) is 7.60. The lowest BCUT2D eigenvalue weighted by Gasteiger charge is -2.28. The SMILES string of the molecule is COc1cc(N2C(=O)Nc3c(C(=O)Nc4ccc(OCC5CCCCO5)c(OC)c4)sc4ncnc2c34)c(Cl)cc1Cl. The lowest BCUT2D eigenvalue weighted by atomic mass is 10.1. The Kier molecular flexibility index (Phi) is 7.95. The van der Waals surface area contributed by atoms with Crippen molar-refractivity contribution in [3.8, 4) is 17.2 Å². The molecule has 1 saturated heterocycles. The Morgan fingerprint density at radius 3 is 2.71 bits per heavy atom. The molecule has 1 atom stereocenters. The van der Waals surface area contributed by atoms with Gasteiger partial charge in [-0.1, -0.05) is 23.2 Å². The number of halogens is 2. The number of aromatic nitrogens is 2. The summed E-state index contributed by atoms with van der Waals surface area (Å²) >= 11 is 13.8. The monoisotopic (exact) mass is 629 g/mol. The molecule has 0 saturated carbocycles. The molecule has 1 unspecified atom stereocenters.